The highest BCUT2D eigenvalue weighted by Gasteiger charge is 2.46. The van der Waals surface area contributed by atoms with Gasteiger partial charge < -0.3 is 19.5 Å². The van der Waals surface area contributed by atoms with E-state index in [4.69, 9.17) is 9.47 Å². The van der Waals surface area contributed by atoms with Crippen LogP contribution in [0, 0.1) is 12.8 Å². The molecular formula is C27H33NO5. The Morgan fingerprint density at radius 1 is 1.12 bits per heavy atom. The fraction of sp³-hybridized carbons (Fsp3) is 0.407. The van der Waals surface area contributed by atoms with E-state index in [0.29, 0.717) is 23.8 Å². The SMILES string of the molecule is CCc1ccc([C@H]2/C(=C(\O)c3ccc(OCC(C)C)cc3C)C(=O)C(=O)N2CCOC)cc1. The van der Waals surface area contributed by atoms with Crippen molar-refractivity contribution in [2.24, 2.45) is 5.92 Å². The second-order valence-electron chi connectivity index (χ2n) is 8.76. The van der Waals surface area contributed by atoms with Crippen molar-refractivity contribution in [3.05, 3.63) is 70.3 Å². The molecule has 0 unspecified atom stereocenters. The molecule has 0 aromatic heterocycles. The van der Waals surface area contributed by atoms with Gasteiger partial charge in [-0.1, -0.05) is 45.0 Å². The second-order valence-corrected chi connectivity index (χ2v) is 8.76. The lowest BCUT2D eigenvalue weighted by molar-refractivity contribution is -0.140. The Hall–Kier alpha value is -3.12. The van der Waals surface area contributed by atoms with Gasteiger partial charge in [0, 0.05) is 19.2 Å². The summed E-state index contributed by atoms with van der Waals surface area (Å²) in [5, 5.41) is 11.3. The average Bonchev–Trinajstić information content (AvgIpc) is 3.05. The van der Waals surface area contributed by atoms with E-state index in [0.717, 1.165) is 23.1 Å². The van der Waals surface area contributed by atoms with Gasteiger partial charge in [-0.15, -0.1) is 0 Å². The van der Waals surface area contributed by atoms with Crippen LogP contribution in [0.2, 0.25) is 0 Å². The van der Waals surface area contributed by atoms with Gasteiger partial charge in [0.1, 0.15) is 11.5 Å². The minimum Gasteiger partial charge on any atom is -0.507 e. The van der Waals surface area contributed by atoms with Crippen LogP contribution in [0.25, 0.3) is 5.76 Å². The number of methoxy groups -OCH3 is 1. The Morgan fingerprint density at radius 2 is 1.82 bits per heavy atom. The van der Waals surface area contributed by atoms with Crippen LogP contribution in [0.15, 0.2) is 48.0 Å². The summed E-state index contributed by atoms with van der Waals surface area (Å²) in [5.41, 5.74) is 3.29. The first kappa shape index (κ1) is 24.5. The van der Waals surface area contributed by atoms with E-state index in [1.54, 1.807) is 19.2 Å². The molecule has 6 nitrogen and oxygen atoms in total. The third kappa shape index (κ3) is 5.28. The molecule has 2 aromatic rings. The first-order valence-corrected chi connectivity index (χ1v) is 11.4. The molecule has 3 rings (SSSR count). The number of benzene rings is 2. The molecule has 6 heteroatoms. The molecule has 1 N–H and O–H groups in total. The summed E-state index contributed by atoms with van der Waals surface area (Å²) >= 11 is 0. The number of likely N-dealkylation sites (tertiary alicyclic amines) is 1. The number of aryl methyl sites for hydroxylation is 2. The molecular weight excluding hydrogens is 418 g/mol. The smallest absolute Gasteiger partial charge is 0.295 e. The minimum atomic E-state index is -0.687. The highest BCUT2D eigenvalue weighted by atomic mass is 16.5. The molecule has 1 heterocycles. The van der Waals surface area contributed by atoms with Gasteiger partial charge >= 0.3 is 0 Å². The van der Waals surface area contributed by atoms with Crippen molar-refractivity contribution in [2.75, 3.05) is 26.9 Å². The number of amides is 1. The van der Waals surface area contributed by atoms with Gasteiger partial charge in [0.25, 0.3) is 11.7 Å². The normalized spacial score (nSPS) is 17.8. The first-order valence-electron chi connectivity index (χ1n) is 11.4. The van der Waals surface area contributed by atoms with Gasteiger partial charge in [-0.25, -0.2) is 0 Å². The van der Waals surface area contributed by atoms with Crippen molar-refractivity contribution in [1.82, 2.24) is 4.90 Å². The van der Waals surface area contributed by atoms with E-state index in [-0.39, 0.29) is 24.5 Å². The minimum absolute atomic E-state index is 0.0966. The van der Waals surface area contributed by atoms with Crippen LogP contribution in [-0.2, 0) is 20.7 Å². The van der Waals surface area contributed by atoms with Crippen molar-refractivity contribution in [3.8, 4) is 5.75 Å². The Labute approximate surface area is 195 Å². The van der Waals surface area contributed by atoms with Crippen molar-refractivity contribution in [2.45, 2.75) is 40.2 Å². The summed E-state index contributed by atoms with van der Waals surface area (Å²) in [5.74, 6) is -0.406. The van der Waals surface area contributed by atoms with E-state index in [2.05, 4.69) is 20.8 Å². The molecule has 0 spiro atoms. The lowest BCUT2D eigenvalue weighted by Crippen LogP contribution is -2.32. The second kappa shape index (κ2) is 10.7. The lowest BCUT2D eigenvalue weighted by atomic mass is 9.93. The van der Waals surface area contributed by atoms with Gasteiger partial charge in [-0.3, -0.25) is 9.59 Å². The molecule has 1 aliphatic rings. The number of carbonyl (C=O) groups is 2. The molecule has 1 aliphatic heterocycles. The first-order chi connectivity index (χ1) is 15.8. The lowest BCUT2D eigenvalue weighted by Gasteiger charge is -2.25. The number of ketones is 1. The van der Waals surface area contributed by atoms with Gasteiger partial charge in [-0.05, 0) is 54.2 Å². The maximum absolute atomic E-state index is 13.1. The number of hydrogen-bond donors (Lipinski definition) is 1. The van der Waals surface area contributed by atoms with Gasteiger partial charge in [-0.2, -0.15) is 0 Å². The van der Waals surface area contributed by atoms with Crippen LogP contribution in [0.1, 0.15) is 49.1 Å². The van der Waals surface area contributed by atoms with E-state index in [9.17, 15) is 14.7 Å². The van der Waals surface area contributed by atoms with Crippen molar-refractivity contribution < 1.29 is 24.2 Å². The van der Waals surface area contributed by atoms with Crippen LogP contribution in [0.5, 0.6) is 5.75 Å². The zero-order valence-electron chi connectivity index (χ0n) is 20.1. The monoisotopic (exact) mass is 451 g/mol. The van der Waals surface area contributed by atoms with E-state index in [1.165, 1.54) is 4.90 Å². The van der Waals surface area contributed by atoms with E-state index < -0.39 is 17.7 Å². The molecule has 176 valence electrons. The number of aliphatic hydroxyl groups is 1. The Morgan fingerprint density at radius 3 is 2.39 bits per heavy atom. The van der Waals surface area contributed by atoms with Gasteiger partial charge in [0.2, 0.25) is 0 Å². The maximum atomic E-state index is 13.1. The molecule has 33 heavy (non-hydrogen) atoms. The zero-order valence-corrected chi connectivity index (χ0v) is 20.1. The highest BCUT2D eigenvalue weighted by molar-refractivity contribution is 6.46. The number of ether oxygens (including phenoxy) is 2. The summed E-state index contributed by atoms with van der Waals surface area (Å²) in [7, 11) is 1.55. The molecule has 0 saturated carbocycles. The van der Waals surface area contributed by atoms with Crippen LogP contribution in [0.4, 0.5) is 0 Å². The molecule has 0 radical (unpaired) electrons. The molecule has 1 saturated heterocycles. The third-order valence-corrected chi connectivity index (χ3v) is 5.82. The summed E-state index contributed by atoms with van der Waals surface area (Å²) in [4.78, 5) is 27.5. The summed E-state index contributed by atoms with van der Waals surface area (Å²) < 4.78 is 10.9. The number of carbonyl (C=O) groups excluding carboxylic acids is 2. The van der Waals surface area contributed by atoms with Crippen LogP contribution < -0.4 is 4.74 Å². The Bertz CT molecular complexity index is 1040. The van der Waals surface area contributed by atoms with Crippen molar-refractivity contribution >= 4 is 17.4 Å². The highest BCUT2D eigenvalue weighted by Crippen LogP contribution is 2.40. The Kier molecular flexibility index (Phi) is 7.92. The molecule has 1 fully saturated rings. The van der Waals surface area contributed by atoms with Gasteiger partial charge in [0.15, 0.2) is 0 Å². The molecule has 1 amide bonds. The quantitative estimate of drug-likeness (QED) is 0.341. The summed E-state index contributed by atoms with van der Waals surface area (Å²) in [6, 6.07) is 12.5. The number of Topliss-reactive ketones (excluding diaryl/α,β-unsaturated/α-hetero) is 1. The topological polar surface area (TPSA) is 76.1 Å². The number of hydrogen-bond acceptors (Lipinski definition) is 5. The van der Waals surface area contributed by atoms with E-state index >= 15 is 0 Å². The van der Waals surface area contributed by atoms with Crippen molar-refractivity contribution in [1.29, 1.82) is 0 Å². The summed E-state index contributed by atoms with van der Waals surface area (Å²) in [6.45, 7) is 9.19. The molecule has 1 atom stereocenters. The van der Waals surface area contributed by atoms with Crippen LogP contribution in [-0.4, -0.2) is 48.6 Å². The molecule has 0 aliphatic carbocycles. The number of rotatable bonds is 9. The predicted molar refractivity (Wildman–Crippen MR) is 128 cm³/mol. The molecule has 2 aromatic carbocycles. The number of aliphatic hydroxyl groups excluding tert-OH is 1. The fourth-order valence-electron chi connectivity index (χ4n) is 3.98. The number of nitrogens with zero attached hydrogens (tertiary/aromatic N) is 1. The summed E-state index contributed by atoms with van der Waals surface area (Å²) in [6.07, 6.45) is 0.883. The third-order valence-electron chi connectivity index (χ3n) is 5.82. The average molecular weight is 452 g/mol. The van der Waals surface area contributed by atoms with E-state index in [1.807, 2.05) is 37.3 Å². The van der Waals surface area contributed by atoms with Gasteiger partial charge in [0.05, 0.1) is 24.8 Å². The standard InChI is InChI=1S/C27H33NO5/c1-6-19-7-9-20(10-8-19)24-23(26(30)27(31)28(24)13-14-32-5)25(29)22-12-11-21(15-18(22)4)33-16-17(2)3/h7-12,15,17,24,29H,6,13-14,16H2,1-5H3/b25-23+/t24-/m0/s1. The zero-order chi connectivity index (χ0) is 24.1. The van der Waals surface area contributed by atoms with Crippen molar-refractivity contribution in [3.63, 3.8) is 0 Å². The fourth-order valence-corrected chi connectivity index (χ4v) is 3.98. The maximum Gasteiger partial charge on any atom is 0.295 e. The predicted octanol–water partition coefficient (Wildman–Crippen LogP) is 4.66. The largest absolute Gasteiger partial charge is 0.507 e. The Balaban J connectivity index is 2.07. The van der Waals surface area contributed by atoms with Crippen LogP contribution in [0.3, 0.4) is 0 Å². The van der Waals surface area contributed by atoms with Crippen LogP contribution >= 0.6 is 0 Å². The molecule has 0 bridgehead atoms.